The zero-order valence-corrected chi connectivity index (χ0v) is 6.03. The summed E-state index contributed by atoms with van der Waals surface area (Å²) >= 11 is 3.96. The fraction of sp³-hybridized carbons (Fsp3) is 0.667. The second kappa shape index (κ2) is 6.89. The van der Waals surface area contributed by atoms with Crippen molar-refractivity contribution >= 4 is 12.6 Å². The summed E-state index contributed by atoms with van der Waals surface area (Å²) in [7, 11) is 0. The van der Waals surface area contributed by atoms with E-state index in [1.807, 2.05) is 6.08 Å². The molecule has 0 aromatic rings. The van der Waals surface area contributed by atoms with Gasteiger partial charge in [0.25, 0.3) is 0 Å². The second-order valence-electron chi connectivity index (χ2n) is 1.43. The van der Waals surface area contributed by atoms with Crippen molar-refractivity contribution in [3.05, 3.63) is 12.3 Å². The van der Waals surface area contributed by atoms with E-state index >= 15 is 0 Å². The van der Waals surface area contributed by atoms with Gasteiger partial charge < -0.3 is 4.74 Å². The summed E-state index contributed by atoms with van der Waals surface area (Å²) in [5.74, 6) is 0.754. The molecule has 0 amide bonds. The quantitative estimate of drug-likeness (QED) is 0.349. The van der Waals surface area contributed by atoms with E-state index in [1.165, 1.54) is 0 Å². The molecule has 48 valence electrons. The third kappa shape index (κ3) is 5.89. The molecule has 0 N–H and O–H groups in total. The van der Waals surface area contributed by atoms with Crippen molar-refractivity contribution in [2.75, 3.05) is 12.4 Å². The molecule has 0 unspecified atom stereocenters. The number of rotatable bonds is 4. The Morgan fingerprint density at radius 2 is 2.38 bits per heavy atom. The molecule has 0 aromatic heterocycles. The van der Waals surface area contributed by atoms with Gasteiger partial charge in [0, 0.05) is 5.75 Å². The van der Waals surface area contributed by atoms with Crippen LogP contribution in [0.1, 0.15) is 13.3 Å². The lowest BCUT2D eigenvalue weighted by Crippen LogP contribution is -1.81. The minimum atomic E-state index is 0.754. The summed E-state index contributed by atoms with van der Waals surface area (Å²) < 4.78 is 4.99. The predicted octanol–water partition coefficient (Wildman–Crippen LogP) is 1.86. The van der Waals surface area contributed by atoms with Gasteiger partial charge in [0.15, 0.2) is 0 Å². The van der Waals surface area contributed by atoms with Crippen molar-refractivity contribution in [3.8, 4) is 0 Å². The van der Waals surface area contributed by atoms with E-state index in [-0.39, 0.29) is 0 Å². The summed E-state index contributed by atoms with van der Waals surface area (Å²) in [4.78, 5) is 0. The number of hydrogen-bond acceptors (Lipinski definition) is 2. The minimum Gasteiger partial charge on any atom is -0.502 e. The van der Waals surface area contributed by atoms with Crippen molar-refractivity contribution in [2.45, 2.75) is 13.3 Å². The molecule has 0 saturated carbocycles. The Hall–Kier alpha value is -0.110. The Morgan fingerprint density at radius 1 is 1.62 bits per heavy atom. The fourth-order valence-electron chi connectivity index (χ4n) is 0.297. The van der Waals surface area contributed by atoms with Crippen LogP contribution in [0.3, 0.4) is 0 Å². The average molecular weight is 132 g/mol. The van der Waals surface area contributed by atoms with Gasteiger partial charge in [-0.3, -0.25) is 0 Å². The van der Waals surface area contributed by atoms with Crippen LogP contribution in [0.25, 0.3) is 0 Å². The van der Waals surface area contributed by atoms with Gasteiger partial charge in [-0.15, -0.1) is 0 Å². The Kier molecular flexibility index (Phi) is 6.80. The van der Waals surface area contributed by atoms with Crippen molar-refractivity contribution in [1.82, 2.24) is 0 Å². The first-order chi connectivity index (χ1) is 3.91. The van der Waals surface area contributed by atoms with E-state index in [0.29, 0.717) is 0 Å². The number of thiol groups is 1. The predicted molar refractivity (Wildman–Crippen MR) is 39.2 cm³/mol. The lowest BCUT2D eigenvalue weighted by atomic mass is 10.5. The van der Waals surface area contributed by atoms with E-state index in [9.17, 15) is 0 Å². The molecule has 0 aliphatic carbocycles. The van der Waals surface area contributed by atoms with Crippen molar-refractivity contribution in [2.24, 2.45) is 0 Å². The highest BCUT2D eigenvalue weighted by atomic mass is 32.1. The Morgan fingerprint density at radius 3 is 2.88 bits per heavy atom. The Labute approximate surface area is 56.1 Å². The maximum absolute atomic E-state index is 4.99. The zero-order valence-electron chi connectivity index (χ0n) is 5.13. The molecule has 0 radical (unpaired) electrons. The molecule has 1 nitrogen and oxygen atoms in total. The SMILES string of the molecule is CCCOC=CCS. The van der Waals surface area contributed by atoms with Gasteiger partial charge in [-0.05, 0) is 12.5 Å². The van der Waals surface area contributed by atoms with Gasteiger partial charge in [0.05, 0.1) is 12.9 Å². The summed E-state index contributed by atoms with van der Waals surface area (Å²) in [6.45, 7) is 2.89. The smallest absolute Gasteiger partial charge is 0.0870 e. The van der Waals surface area contributed by atoms with Crippen LogP contribution < -0.4 is 0 Å². The highest BCUT2D eigenvalue weighted by Gasteiger charge is 1.72. The standard InChI is InChI=1S/C6H12OS/c1-2-4-7-5-3-6-8/h3,5,8H,2,4,6H2,1H3. The highest BCUT2D eigenvalue weighted by Crippen LogP contribution is 1.82. The van der Waals surface area contributed by atoms with E-state index in [1.54, 1.807) is 6.26 Å². The van der Waals surface area contributed by atoms with Crippen LogP contribution in [0.15, 0.2) is 12.3 Å². The van der Waals surface area contributed by atoms with Crippen molar-refractivity contribution < 1.29 is 4.74 Å². The molecule has 0 bridgehead atoms. The van der Waals surface area contributed by atoms with E-state index in [0.717, 1.165) is 18.8 Å². The third-order valence-corrected chi connectivity index (χ3v) is 0.831. The normalized spacial score (nSPS) is 10.2. The molecule has 0 aliphatic heterocycles. The van der Waals surface area contributed by atoms with Crippen LogP contribution in [0.4, 0.5) is 0 Å². The first-order valence-corrected chi connectivity index (χ1v) is 3.42. The summed E-state index contributed by atoms with van der Waals surface area (Å²) in [6, 6.07) is 0. The molecule has 8 heavy (non-hydrogen) atoms. The lowest BCUT2D eigenvalue weighted by molar-refractivity contribution is 0.249. The molecule has 0 rings (SSSR count). The van der Waals surface area contributed by atoms with Crippen LogP contribution in [0.5, 0.6) is 0 Å². The molecular formula is C6H12OS. The van der Waals surface area contributed by atoms with Gasteiger partial charge in [0.2, 0.25) is 0 Å². The first kappa shape index (κ1) is 7.89. The van der Waals surface area contributed by atoms with E-state index in [2.05, 4.69) is 19.6 Å². The third-order valence-electron chi connectivity index (χ3n) is 0.620. The molecule has 0 saturated heterocycles. The summed E-state index contributed by atoms with van der Waals surface area (Å²) in [5, 5.41) is 0. The van der Waals surface area contributed by atoms with Crippen LogP contribution in [-0.2, 0) is 4.74 Å². The summed E-state index contributed by atoms with van der Waals surface area (Å²) in [5.41, 5.74) is 0. The minimum absolute atomic E-state index is 0.754. The maximum Gasteiger partial charge on any atom is 0.0870 e. The van der Waals surface area contributed by atoms with Gasteiger partial charge in [-0.25, -0.2) is 0 Å². The van der Waals surface area contributed by atoms with Gasteiger partial charge in [-0.2, -0.15) is 12.6 Å². The molecule has 2 heteroatoms. The highest BCUT2D eigenvalue weighted by molar-refractivity contribution is 7.80. The second-order valence-corrected chi connectivity index (χ2v) is 1.79. The van der Waals surface area contributed by atoms with E-state index in [4.69, 9.17) is 4.74 Å². The molecule has 0 aromatic carbocycles. The van der Waals surface area contributed by atoms with Gasteiger partial charge in [0.1, 0.15) is 0 Å². The largest absolute Gasteiger partial charge is 0.502 e. The van der Waals surface area contributed by atoms with Crippen LogP contribution >= 0.6 is 12.6 Å². The van der Waals surface area contributed by atoms with Crippen molar-refractivity contribution in [1.29, 1.82) is 0 Å². The maximum atomic E-state index is 4.99. The van der Waals surface area contributed by atoms with Gasteiger partial charge in [-0.1, -0.05) is 6.92 Å². The van der Waals surface area contributed by atoms with Crippen LogP contribution in [0, 0.1) is 0 Å². The monoisotopic (exact) mass is 132 g/mol. The van der Waals surface area contributed by atoms with Crippen LogP contribution in [-0.4, -0.2) is 12.4 Å². The molecular weight excluding hydrogens is 120 g/mol. The molecule has 0 heterocycles. The van der Waals surface area contributed by atoms with Crippen molar-refractivity contribution in [3.63, 3.8) is 0 Å². The fourth-order valence-corrected chi connectivity index (χ4v) is 0.383. The Balaban J connectivity index is 2.80. The molecule has 0 spiro atoms. The van der Waals surface area contributed by atoms with Crippen LogP contribution in [0.2, 0.25) is 0 Å². The number of ether oxygens (including phenoxy) is 1. The lowest BCUT2D eigenvalue weighted by Gasteiger charge is -1.92. The average Bonchev–Trinajstić information content (AvgIpc) is 1.81. The summed E-state index contributed by atoms with van der Waals surface area (Å²) in [6.07, 6.45) is 4.63. The Bertz CT molecular complexity index is 61.5. The topological polar surface area (TPSA) is 9.23 Å². The zero-order chi connectivity index (χ0) is 6.24. The first-order valence-electron chi connectivity index (χ1n) is 2.79. The van der Waals surface area contributed by atoms with E-state index < -0.39 is 0 Å². The molecule has 0 fully saturated rings. The molecule has 0 atom stereocenters. The van der Waals surface area contributed by atoms with Gasteiger partial charge >= 0.3 is 0 Å². The number of hydrogen-bond donors (Lipinski definition) is 1. The molecule has 0 aliphatic rings.